The summed E-state index contributed by atoms with van der Waals surface area (Å²) in [7, 11) is -0.602. The van der Waals surface area contributed by atoms with E-state index in [1.54, 1.807) is 14.1 Å². The van der Waals surface area contributed by atoms with Gasteiger partial charge in [0.2, 0.25) is 5.91 Å². The van der Waals surface area contributed by atoms with Crippen molar-refractivity contribution in [1.82, 2.24) is 14.2 Å². The first kappa shape index (κ1) is 20.0. The minimum atomic E-state index is -3.81. The number of hydrogen-bond acceptors (Lipinski definition) is 5. The van der Waals surface area contributed by atoms with Crippen LogP contribution in [0.3, 0.4) is 0 Å². The Kier molecular flexibility index (Phi) is 6.72. The fraction of sp³-hybridized carbons (Fsp3) is 0.375. The van der Waals surface area contributed by atoms with Crippen LogP contribution in [-0.2, 0) is 14.8 Å². The zero-order valence-corrected chi connectivity index (χ0v) is 17.5. The van der Waals surface area contributed by atoms with Gasteiger partial charge in [0.05, 0.1) is 6.54 Å². The normalized spacial score (nSPS) is 11.7. The van der Waals surface area contributed by atoms with E-state index in [2.05, 4.69) is 20.9 Å². The standard InChI is InChI=1S/C16H20BrN3O3S2/c1-4-9-20(10-15(21)19(2)3)25(22,23)14-11-24-16(18-14)12-5-7-13(17)8-6-12/h5-8,11H,4,9-10H2,1-3H3. The number of rotatable bonds is 7. The predicted molar refractivity (Wildman–Crippen MR) is 103 cm³/mol. The van der Waals surface area contributed by atoms with E-state index in [4.69, 9.17) is 0 Å². The third-order valence-electron chi connectivity index (χ3n) is 3.46. The van der Waals surface area contributed by atoms with E-state index in [1.165, 1.54) is 25.9 Å². The van der Waals surface area contributed by atoms with Gasteiger partial charge in [-0.15, -0.1) is 11.3 Å². The van der Waals surface area contributed by atoms with Crippen molar-refractivity contribution in [3.05, 3.63) is 34.1 Å². The molecule has 6 nitrogen and oxygen atoms in total. The Balaban J connectivity index is 2.30. The fourth-order valence-electron chi connectivity index (χ4n) is 2.06. The topological polar surface area (TPSA) is 70.6 Å². The Bertz CT molecular complexity index is 833. The molecule has 25 heavy (non-hydrogen) atoms. The molecule has 0 N–H and O–H groups in total. The van der Waals surface area contributed by atoms with Crippen molar-refractivity contribution in [2.24, 2.45) is 0 Å². The molecule has 2 aromatic rings. The first-order valence-electron chi connectivity index (χ1n) is 7.67. The molecule has 1 heterocycles. The minimum Gasteiger partial charge on any atom is -0.348 e. The van der Waals surface area contributed by atoms with Crippen molar-refractivity contribution in [3.63, 3.8) is 0 Å². The number of nitrogens with zero attached hydrogens (tertiary/aromatic N) is 3. The van der Waals surface area contributed by atoms with Crippen LogP contribution in [0.5, 0.6) is 0 Å². The number of carbonyl (C=O) groups excluding carboxylic acids is 1. The predicted octanol–water partition coefficient (Wildman–Crippen LogP) is 3.06. The van der Waals surface area contributed by atoms with Gasteiger partial charge in [0.15, 0.2) is 5.03 Å². The highest BCUT2D eigenvalue weighted by Crippen LogP contribution is 2.28. The summed E-state index contributed by atoms with van der Waals surface area (Å²) in [5.41, 5.74) is 0.848. The Morgan fingerprint density at radius 1 is 1.24 bits per heavy atom. The number of aromatic nitrogens is 1. The molecule has 0 saturated heterocycles. The van der Waals surface area contributed by atoms with Crippen LogP contribution in [-0.4, -0.2) is 55.7 Å². The molecule has 136 valence electrons. The molecule has 0 saturated carbocycles. The second-order valence-electron chi connectivity index (χ2n) is 5.62. The van der Waals surface area contributed by atoms with Crippen LogP contribution in [0.4, 0.5) is 0 Å². The van der Waals surface area contributed by atoms with E-state index in [-0.39, 0.29) is 24.0 Å². The molecule has 0 bridgehead atoms. The fourth-order valence-corrected chi connectivity index (χ4v) is 4.88. The number of benzene rings is 1. The maximum absolute atomic E-state index is 12.9. The molecule has 1 amide bonds. The highest BCUT2D eigenvalue weighted by molar-refractivity contribution is 9.10. The smallest absolute Gasteiger partial charge is 0.261 e. The van der Waals surface area contributed by atoms with Crippen LogP contribution in [0.2, 0.25) is 0 Å². The summed E-state index contributed by atoms with van der Waals surface area (Å²) >= 11 is 4.64. The number of likely N-dealkylation sites (N-methyl/N-ethyl adjacent to an activating group) is 1. The Morgan fingerprint density at radius 2 is 1.88 bits per heavy atom. The van der Waals surface area contributed by atoms with Crippen LogP contribution in [0.1, 0.15) is 13.3 Å². The second-order valence-corrected chi connectivity index (χ2v) is 9.28. The van der Waals surface area contributed by atoms with Crippen LogP contribution in [0.15, 0.2) is 39.1 Å². The number of thiazole rings is 1. The molecular weight excluding hydrogens is 426 g/mol. The third-order valence-corrected chi connectivity index (χ3v) is 6.76. The van der Waals surface area contributed by atoms with E-state index < -0.39 is 10.0 Å². The Labute approximate surface area is 160 Å². The zero-order chi connectivity index (χ0) is 18.6. The lowest BCUT2D eigenvalue weighted by Crippen LogP contribution is -2.40. The molecule has 2 rings (SSSR count). The Hall–Kier alpha value is -1.29. The van der Waals surface area contributed by atoms with Gasteiger partial charge in [-0.1, -0.05) is 35.0 Å². The summed E-state index contributed by atoms with van der Waals surface area (Å²) in [5.74, 6) is -0.264. The van der Waals surface area contributed by atoms with E-state index in [0.717, 1.165) is 10.0 Å². The van der Waals surface area contributed by atoms with Gasteiger partial charge in [0.1, 0.15) is 5.01 Å². The van der Waals surface area contributed by atoms with Crippen LogP contribution < -0.4 is 0 Å². The summed E-state index contributed by atoms with van der Waals surface area (Å²) in [6.07, 6.45) is 0.615. The maximum Gasteiger partial charge on any atom is 0.261 e. The second kappa shape index (κ2) is 8.39. The van der Waals surface area contributed by atoms with Gasteiger partial charge < -0.3 is 4.90 Å². The number of carbonyl (C=O) groups is 1. The molecule has 9 heteroatoms. The first-order valence-corrected chi connectivity index (χ1v) is 10.8. The summed E-state index contributed by atoms with van der Waals surface area (Å²) in [4.78, 5) is 17.6. The van der Waals surface area contributed by atoms with E-state index in [1.807, 2.05) is 31.2 Å². The molecule has 0 atom stereocenters. The Morgan fingerprint density at radius 3 is 2.44 bits per heavy atom. The van der Waals surface area contributed by atoms with Crippen LogP contribution in [0, 0.1) is 0 Å². The van der Waals surface area contributed by atoms with Gasteiger partial charge in [-0.2, -0.15) is 4.31 Å². The summed E-state index contributed by atoms with van der Waals surface area (Å²) < 4.78 is 27.9. The van der Waals surface area contributed by atoms with Crippen molar-refractivity contribution >= 4 is 43.2 Å². The van der Waals surface area contributed by atoms with Crippen molar-refractivity contribution in [2.75, 3.05) is 27.2 Å². The lowest BCUT2D eigenvalue weighted by molar-refractivity contribution is -0.128. The van der Waals surface area contributed by atoms with E-state index in [9.17, 15) is 13.2 Å². The minimum absolute atomic E-state index is 0.0181. The van der Waals surface area contributed by atoms with Crippen LogP contribution >= 0.6 is 27.3 Å². The monoisotopic (exact) mass is 445 g/mol. The van der Waals surface area contributed by atoms with Crippen molar-refractivity contribution in [3.8, 4) is 10.6 Å². The molecular formula is C16H20BrN3O3S2. The highest BCUT2D eigenvalue weighted by Gasteiger charge is 2.29. The van der Waals surface area contributed by atoms with Crippen molar-refractivity contribution in [2.45, 2.75) is 18.4 Å². The molecule has 1 aromatic carbocycles. The molecule has 0 aliphatic rings. The average molecular weight is 446 g/mol. The zero-order valence-electron chi connectivity index (χ0n) is 14.3. The number of amides is 1. The van der Waals surface area contributed by atoms with Gasteiger partial charge >= 0.3 is 0 Å². The van der Waals surface area contributed by atoms with Crippen molar-refractivity contribution in [1.29, 1.82) is 0 Å². The quantitative estimate of drug-likeness (QED) is 0.656. The van der Waals surface area contributed by atoms with Crippen molar-refractivity contribution < 1.29 is 13.2 Å². The summed E-state index contributed by atoms with van der Waals surface area (Å²) in [6, 6.07) is 7.51. The largest absolute Gasteiger partial charge is 0.348 e. The number of sulfonamides is 1. The van der Waals surface area contributed by atoms with Gasteiger partial charge in [-0.05, 0) is 18.6 Å². The van der Waals surface area contributed by atoms with Gasteiger partial charge in [0.25, 0.3) is 10.0 Å². The third kappa shape index (κ3) is 4.87. The molecule has 0 unspecified atom stereocenters. The lowest BCUT2D eigenvalue weighted by atomic mass is 10.2. The molecule has 0 fully saturated rings. The van der Waals surface area contributed by atoms with Gasteiger partial charge in [0, 0.05) is 36.1 Å². The summed E-state index contributed by atoms with van der Waals surface area (Å²) in [6.45, 7) is 1.96. The first-order chi connectivity index (χ1) is 11.8. The maximum atomic E-state index is 12.9. The number of halogens is 1. The number of hydrogen-bond donors (Lipinski definition) is 0. The molecule has 0 radical (unpaired) electrons. The van der Waals surface area contributed by atoms with Crippen LogP contribution in [0.25, 0.3) is 10.6 Å². The lowest BCUT2D eigenvalue weighted by Gasteiger charge is -2.21. The molecule has 0 aliphatic heterocycles. The van der Waals surface area contributed by atoms with Gasteiger partial charge in [-0.3, -0.25) is 4.79 Å². The van der Waals surface area contributed by atoms with E-state index in [0.29, 0.717) is 11.4 Å². The molecule has 1 aromatic heterocycles. The molecule has 0 spiro atoms. The average Bonchev–Trinajstić information content (AvgIpc) is 3.05. The summed E-state index contributed by atoms with van der Waals surface area (Å²) in [5, 5.41) is 2.13. The van der Waals surface area contributed by atoms with E-state index >= 15 is 0 Å². The molecule has 0 aliphatic carbocycles. The van der Waals surface area contributed by atoms with Gasteiger partial charge in [-0.25, -0.2) is 13.4 Å². The highest BCUT2D eigenvalue weighted by atomic mass is 79.9. The SMILES string of the molecule is CCCN(CC(=O)N(C)C)S(=O)(=O)c1csc(-c2ccc(Br)cc2)n1.